The normalized spacial score (nSPS) is 12.8. The molecule has 7 nitrogen and oxygen atoms in total. The van der Waals surface area contributed by atoms with Crippen LogP contribution in [0.2, 0.25) is 0 Å². The average Bonchev–Trinajstić information content (AvgIpc) is 2.56. The lowest BCUT2D eigenvalue weighted by molar-refractivity contribution is -0.890. The van der Waals surface area contributed by atoms with E-state index in [4.69, 9.17) is 4.55 Å². The number of carbonyl (C=O) groups is 1. The highest BCUT2D eigenvalue weighted by Gasteiger charge is 2.19. The van der Waals surface area contributed by atoms with Crippen LogP contribution in [-0.2, 0) is 14.9 Å². The molecule has 0 bridgehead atoms. The van der Waals surface area contributed by atoms with Gasteiger partial charge in [0.25, 0.3) is 10.1 Å². The van der Waals surface area contributed by atoms with Crippen LogP contribution in [0.1, 0.15) is 39.0 Å². The number of rotatable bonds is 16. The molecule has 0 unspecified atom stereocenters. The molecular formula is C20H43N3O4S+2. The van der Waals surface area contributed by atoms with E-state index in [1.165, 1.54) is 18.9 Å². The number of hydrogen-bond donors (Lipinski definition) is 1. The van der Waals surface area contributed by atoms with Gasteiger partial charge in [-0.05, 0) is 12.5 Å². The molecule has 0 aromatic rings. The van der Waals surface area contributed by atoms with Crippen molar-refractivity contribution in [1.29, 1.82) is 0 Å². The summed E-state index contributed by atoms with van der Waals surface area (Å²) < 4.78 is 32.2. The van der Waals surface area contributed by atoms with Crippen molar-refractivity contribution in [2.75, 3.05) is 73.2 Å². The van der Waals surface area contributed by atoms with Gasteiger partial charge in [0.15, 0.2) is 0 Å². The van der Waals surface area contributed by atoms with Crippen molar-refractivity contribution in [3.63, 3.8) is 0 Å². The van der Waals surface area contributed by atoms with Gasteiger partial charge in [0, 0.05) is 32.4 Å². The van der Waals surface area contributed by atoms with Crippen molar-refractivity contribution < 1.29 is 26.7 Å². The summed E-state index contributed by atoms with van der Waals surface area (Å²) in [5.41, 5.74) is 0. The topological polar surface area (TPSA) is 74.7 Å². The third-order valence-electron chi connectivity index (χ3n) is 5.15. The van der Waals surface area contributed by atoms with Crippen LogP contribution in [0.4, 0.5) is 0 Å². The fourth-order valence-corrected chi connectivity index (χ4v) is 3.82. The van der Waals surface area contributed by atoms with Gasteiger partial charge in [-0.15, -0.1) is 0 Å². The molecule has 1 amide bonds. The Labute approximate surface area is 172 Å². The number of unbranched alkanes of at least 4 members (excludes halogenated alkanes) is 1. The van der Waals surface area contributed by atoms with Gasteiger partial charge in [-0.3, -0.25) is 9.35 Å². The van der Waals surface area contributed by atoms with E-state index in [1.54, 1.807) is 0 Å². The number of carbonyl (C=O) groups excluding carboxylic acids is 1. The van der Waals surface area contributed by atoms with E-state index in [0.717, 1.165) is 43.5 Å². The fraction of sp³-hybridized carbons (Fsp3) is 0.850. The van der Waals surface area contributed by atoms with Crippen molar-refractivity contribution in [3.8, 4) is 0 Å². The van der Waals surface area contributed by atoms with Crippen LogP contribution in [0, 0.1) is 0 Å². The maximum atomic E-state index is 12.2. The molecule has 0 rings (SSSR count). The van der Waals surface area contributed by atoms with E-state index < -0.39 is 10.1 Å². The molecule has 0 atom stereocenters. The maximum absolute atomic E-state index is 12.2. The predicted octanol–water partition coefficient (Wildman–Crippen LogP) is 2.01. The molecule has 0 aromatic heterocycles. The molecule has 0 spiro atoms. The third-order valence-corrected chi connectivity index (χ3v) is 5.96. The van der Waals surface area contributed by atoms with Crippen LogP contribution in [0.15, 0.2) is 12.7 Å². The van der Waals surface area contributed by atoms with Gasteiger partial charge in [0.1, 0.15) is 0 Å². The average molecular weight is 422 g/mol. The Bertz CT molecular complexity index is 574. The summed E-state index contributed by atoms with van der Waals surface area (Å²) in [6.45, 7) is 10.9. The minimum absolute atomic E-state index is 0.0319. The monoisotopic (exact) mass is 421 g/mol. The van der Waals surface area contributed by atoms with Gasteiger partial charge >= 0.3 is 0 Å². The van der Waals surface area contributed by atoms with Crippen molar-refractivity contribution >= 4 is 16.0 Å². The summed E-state index contributed by atoms with van der Waals surface area (Å²) in [5, 5.41) is 0. The summed E-state index contributed by atoms with van der Waals surface area (Å²) in [6.07, 6.45) is 6.01. The second-order valence-corrected chi connectivity index (χ2v) is 10.6. The number of amides is 1. The molecule has 0 radical (unpaired) electrons. The molecule has 0 aliphatic rings. The second kappa shape index (κ2) is 12.6. The Morgan fingerprint density at radius 1 is 0.929 bits per heavy atom. The molecule has 0 aliphatic carbocycles. The summed E-state index contributed by atoms with van der Waals surface area (Å²) >= 11 is 0. The minimum atomic E-state index is -3.90. The fourth-order valence-electron chi connectivity index (χ4n) is 3.33. The first-order valence-electron chi connectivity index (χ1n) is 10.3. The molecule has 8 heteroatoms. The van der Waals surface area contributed by atoms with Crippen LogP contribution < -0.4 is 0 Å². The Hall–Kier alpha value is -0.960. The van der Waals surface area contributed by atoms with Crippen molar-refractivity contribution in [2.24, 2.45) is 0 Å². The zero-order chi connectivity index (χ0) is 21.8. The Morgan fingerprint density at radius 3 is 1.75 bits per heavy atom. The summed E-state index contributed by atoms with van der Waals surface area (Å²) in [7, 11) is 4.66. The molecular weight excluding hydrogens is 378 g/mol. The highest BCUT2D eigenvalue weighted by molar-refractivity contribution is 7.85. The van der Waals surface area contributed by atoms with E-state index in [1.807, 2.05) is 19.0 Å². The first-order chi connectivity index (χ1) is 12.8. The van der Waals surface area contributed by atoms with Gasteiger partial charge in [0.05, 0.1) is 60.1 Å². The summed E-state index contributed by atoms with van der Waals surface area (Å²) in [5.74, 6) is -0.238. The van der Waals surface area contributed by atoms with E-state index in [0.29, 0.717) is 24.0 Å². The first-order valence-corrected chi connectivity index (χ1v) is 11.9. The van der Waals surface area contributed by atoms with E-state index in [-0.39, 0.29) is 11.7 Å². The van der Waals surface area contributed by atoms with Crippen molar-refractivity contribution in [3.05, 3.63) is 12.7 Å². The number of hydrogen-bond acceptors (Lipinski definition) is 3. The molecule has 28 heavy (non-hydrogen) atoms. The third kappa shape index (κ3) is 14.1. The van der Waals surface area contributed by atoms with Gasteiger partial charge < -0.3 is 13.9 Å². The largest absolute Gasteiger partial charge is 0.339 e. The molecule has 0 heterocycles. The van der Waals surface area contributed by atoms with Gasteiger partial charge in [-0.2, -0.15) is 8.42 Å². The lowest BCUT2D eigenvalue weighted by Crippen LogP contribution is -2.44. The van der Waals surface area contributed by atoms with Gasteiger partial charge in [-0.1, -0.05) is 19.9 Å². The van der Waals surface area contributed by atoms with E-state index in [2.05, 4.69) is 27.6 Å². The highest BCUT2D eigenvalue weighted by atomic mass is 32.2. The lowest BCUT2D eigenvalue weighted by atomic mass is 10.2. The Balaban J connectivity index is 4.42. The van der Waals surface area contributed by atoms with E-state index in [9.17, 15) is 13.2 Å². The quantitative estimate of drug-likeness (QED) is 0.235. The maximum Gasteiger partial charge on any atom is 0.265 e. The molecule has 0 aliphatic heterocycles. The molecule has 166 valence electrons. The summed E-state index contributed by atoms with van der Waals surface area (Å²) in [6, 6.07) is 0. The minimum Gasteiger partial charge on any atom is -0.339 e. The molecule has 0 saturated carbocycles. The van der Waals surface area contributed by atoms with Crippen LogP contribution in [-0.4, -0.2) is 106 Å². The number of quaternary nitrogens is 2. The smallest absolute Gasteiger partial charge is 0.265 e. The van der Waals surface area contributed by atoms with E-state index >= 15 is 0 Å². The van der Waals surface area contributed by atoms with Gasteiger partial charge in [-0.25, -0.2) is 0 Å². The standard InChI is InChI=1S/C20H42N3O4S/c1-7-9-15-22(3,4)16-10-13-21(20(24)8-2)14-11-17-23(5,6)18-12-19-28(25,26)27/h8H,2,7,9-19H2,1,3-6H3/q+1/p+1. The molecule has 0 saturated heterocycles. The van der Waals surface area contributed by atoms with Gasteiger partial charge in [0.2, 0.25) is 5.91 Å². The van der Waals surface area contributed by atoms with Crippen LogP contribution >= 0.6 is 0 Å². The van der Waals surface area contributed by atoms with Crippen LogP contribution in [0.5, 0.6) is 0 Å². The lowest BCUT2D eigenvalue weighted by Gasteiger charge is -2.32. The molecule has 1 N–H and O–H groups in total. The second-order valence-electron chi connectivity index (χ2n) is 9.00. The SMILES string of the molecule is C=CC(=O)N(CCC[N+](C)(C)CCCC)CCC[N+](C)(C)CCCS(=O)(=O)O. The first kappa shape index (κ1) is 27.0. The van der Waals surface area contributed by atoms with Crippen molar-refractivity contribution in [1.82, 2.24) is 4.90 Å². The zero-order valence-corrected chi connectivity index (χ0v) is 19.5. The van der Waals surface area contributed by atoms with Crippen molar-refractivity contribution in [2.45, 2.75) is 39.0 Å². The number of nitrogens with zero attached hydrogens (tertiary/aromatic N) is 3. The molecule has 0 aromatic carbocycles. The Morgan fingerprint density at radius 2 is 1.36 bits per heavy atom. The highest BCUT2D eigenvalue weighted by Crippen LogP contribution is 2.07. The summed E-state index contributed by atoms with van der Waals surface area (Å²) in [4.78, 5) is 14.0. The predicted molar refractivity (Wildman–Crippen MR) is 116 cm³/mol. The van der Waals surface area contributed by atoms with Crippen LogP contribution in [0.3, 0.4) is 0 Å². The Kier molecular flexibility index (Phi) is 12.1. The molecule has 0 fully saturated rings. The van der Waals surface area contributed by atoms with Crippen LogP contribution in [0.25, 0.3) is 0 Å². The zero-order valence-electron chi connectivity index (χ0n) is 18.7.